The quantitative estimate of drug-likeness (QED) is 0.515. The van der Waals surface area contributed by atoms with Crippen molar-refractivity contribution in [1.82, 2.24) is 4.90 Å². The van der Waals surface area contributed by atoms with Gasteiger partial charge in [-0.3, -0.25) is 4.99 Å². The van der Waals surface area contributed by atoms with E-state index in [9.17, 15) is 0 Å². The minimum Gasteiger partial charge on any atom is -0.378 e. The number of allylic oxidation sites excluding steroid dienone is 1. The molecule has 2 rings (SSSR count). The molecule has 0 aromatic carbocycles. The van der Waals surface area contributed by atoms with E-state index >= 15 is 0 Å². The number of halogens is 1. The summed E-state index contributed by atoms with van der Waals surface area (Å²) in [4.78, 5) is 6.93. The van der Waals surface area contributed by atoms with Gasteiger partial charge >= 0.3 is 0 Å². The van der Waals surface area contributed by atoms with Crippen molar-refractivity contribution in [2.24, 2.45) is 4.99 Å². The topological polar surface area (TPSA) is 24.8 Å². The molecule has 0 aliphatic carbocycles. The Balaban J connectivity index is 1.96. The molecule has 1 atom stereocenters. The van der Waals surface area contributed by atoms with Crippen LogP contribution in [0.3, 0.4) is 0 Å². The molecule has 0 spiro atoms. The third kappa shape index (κ3) is 2.31. The van der Waals surface area contributed by atoms with Gasteiger partial charge < -0.3 is 9.64 Å². The van der Waals surface area contributed by atoms with Crippen LogP contribution in [-0.2, 0) is 4.74 Å². The zero-order valence-electron chi connectivity index (χ0n) is 7.45. The summed E-state index contributed by atoms with van der Waals surface area (Å²) in [6.07, 6.45) is 5.18. The Morgan fingerprint density at radius 3 is 2.85 bits per heavy atom. The summed E-state index contributed by atoms with van der Waals surface area (Å²) in [6.45, 7) is 3.65. The second-order valence-electron chi connectivity index (χ2n) is 3.18. The minimum absolute atomic E-state index is 0.275. The first-order valence-corrected chi connectivity index (χ1v) is 5.48. The van der Waals surface area contributed by atoms with Crippen molar-refractivity contribution in [3.05, 3.63) is 11.8 Å². The van der Waals surface area contributed by atoms with Gasteiger partial charge in [-0.15, -0.1) is 0 Å². The molecule has 1 unspecified atom stereocenters. The number of alkyl halides is 1. The summed E-state index contributed by atoms with van der Waals surface area (Å²) in [5.41, 5.74) is 1.25. The molecular formula is C9H13BrN2O. The van der Waals surface area contributed by atoms with Crippen LogP contribution in [0.2, 0.25) is 0 Å². The predicted molar refractivity (Wildman–Crippen MR) is 56.3 cm³/mol. The SMILES string of the molecule is BrC1CC=C(N2CCOCC2)C=N1. The molecule has 4 heteroatoms. The maximum Gasteiger partial charge on any atom is 0.108 e. The maximum atomic E-state index is 5.29. The van der Waals surface area contributed by atoms with Crippen LogP contribution in [-0.4, -0.2) is 42.4 Å². The van der Waals surface area contributed by atoms with Crippen LogP contribution in [0.5, 0.6) is 0 Å². The molecule has 0 radical (unpaired) electrons. The number of rotatable bonds is 1. The molecule has 0 N–H and O–H groups in total. The lowest BCUT2D eigenvalue weighted by atomic mass is 10.2. The first-order chi connectivity index (χ1) is 6.36. The lowest BCUT2D eigenvalue weighted by Crippen LogP contribution is -2.36. The zero-order valence-corrected chi connectivity index (χ0v) is 9.03. The third-order valence-electron chi connectivity index (χ3n) is 2.27. The molecule has 13 heavy (non-hydrogen) atoms. The van der Waals surface area contributed by atoms with Crippen molar-refractivity contribution in [2.75, 3.05) is 26.3 Å². The number of morpholine rings is 1. The summed E-state index contributed by atoms with van der Waals surface area (Å²) in [6, 6.07) is 0. The first kappa shape index (κ1) is 9.21. The summed E-state index contributed by atoms with van der Waals surface area (Å²) in [5.74, 6) is 0. The van der Waals surface area contributed by atoms with Gasteiger partial charge in [0.15, 0.2) is 0 Å². The van der Waals surface area contributed by atoms with E-state index in [-0.39, 0.29) is 4.95 Å². The van der Waals surface area contributed by atoms with Gasteiger partial charge in [-0.2, -0.15) is 0 Å². The van der Waals surface area contributed by atoms with E-state index in [0.29, 0.717) is 0 Å². The van der Waals surface area contributed by atoms with Crippen LogP contribution in [0.4, 0.5) is 0 Å². The summed E-state index contributed by atoms with van der Waals surface area (Å²) < 4.78 is 5.29. The Morgan fingerprint density at radius 1 is 1.46 bits per heavy atom. The minimum atomic E-state index is 0.275. The van der Waals surface area contributed by atoms with Crippen LogP contribution in [0.1, 0.15) is 6.42 Å². The van der Waals surface area contributed by atoms with Crippen molar-refractivity contribution in [1.29, 1.82) is 0 Å². The van der Waals surface area contributed by atoms with Gasteiger partial charge in [-0.25, -0.2) is 0 Å². The predicted octanol–water partition coefficient (Wildman–Crippen LogP) is 1.40. The van der Waals surface area contributed by atoms with E-state index in [1.54, 1.807) is 0 Å². The Labute approximate surface area is 86.6 Å². The number of hydrogen-bond donors (Lipinski definition) is 0. The van der Waals surface area contributed by atoms with Crippen LogP contribution < -0.4 is 0 Å². The Bertz CT molecular complexity index is 234. The molecule has 2 heterocycles. The maximum absolute atomic E-state index is 5.29. The van der Waals surface area contributed by atoms with Crippen molar-refractivity contribution in [3.8, 4) is 0 Å². The van der Waals surface area contributed by atoms with Crippen molar-refractivity contribution in [3.63, 3.8) is 0 Å². The van der Waals surface area contributed by atoms with Crippen LogP contribution in [0.25, 0.3) is 0 Å². The standard InChI is InChI=1S/C9H13BrN2O/c10-9-2-1-8(7-11-9)12-3-5-13-6-4-12/h1,7,9H,2-6H2. The highest BCUT2D eigenvalue weighted by molar-refractivity contribution is 9.09. The summed E-state index contributed by atoms with van der Waals surface area (Å²) in [7, 11) is 0. The average molecular weight is 245 g/mol. The number of hydrogen-bond acceptors (Lipinski definition) is 3. The molecule has 1 fully saturated rings. The van der Waals surface area contributed by atoms with E-state index in [4.69, 9.17) is 4.74 Å². The van der Waals surface area contributed by atoms with Gasteiger partial charge in [-0.05, 0) is 6.42 Å². The molecule has 0 amide bonds. The molecule has 0 saturated carbocycles. The molecule has 0 bridgehead atoms. The number of ether oxygens (including phenoxy) is 1. The molecule has 72 valence electrons. The van der Waals surface area contributed by atoms with Gasteiger partial charge in [-0.1, -0.05) is 22.0 Å². The molecule has 3 nitrogen and oxygen atoms in total. The van der Waals surface area contributed by atoms with Crippen LogP contribution in [0.15, 0.2) is 16.8 Å². The van der Waals surface area contributed by atoms with Gasteiger partial charge in [0.1, 0.15) is 4.95 Å². The Hall–Kier alpha value is -0.350. The fourth-order valence-electron chi connectivity index (χ4n) is 1.52. The molecule has 1 saturated heterocycles. The highest BCUT2D eigenvalue weighted by Gasteiger charge is 2.14. The van der Waals surface area contributed by atoms with Gasteiger partial charge in [0.25, 0.3) is 0 Å². The fraction of sp³-hybridized carbons (Fsp3) is 0.667. The van der Waals surface area contributed by atoms with Gasteiger partial charge in [0.2, 0.25) is 0 Å². The fourth-order valence-corrected chi connectivity index (χ4v) is 1.83. The smallest absolute Gasteiger partial charge is 0.108 e. The molecule has 0 aromatic rings. The third-order valence-corrected chi connectivity index (χ3v) is 2.88. The van der Waals surface area contributed by atoms with Gasteiger partial charge in [0.05, 0.1) is 18.9 Å². The second-order valence-corrected chi connectivity index (χ2v) is 4.23. The zero-order chi connectivity index (χ0) is 9.10. The molecule has 0 aromatic heterocycles. The molecular weight excluding hydrogens is 232 g/mol. The van der Waals surface area contributed by atoms with Gasteiger partial charge in [0, 0.05) is 19.3 Å². The van der Waals surface area contributed by atoms with Crippen LogP contribution >= 0.6 is 15.9 Å². The van der Waals surface area contributed by atoms with E-state index in [1.807, 2.05) is 6.21 Å². The normalized spacial score (nSPS) is 28.8. The van der Waals surface area contributed by atoms with Crippen LogP contribution in [0, 0.1) is 0 Å². The second kappa shape index (κ2) is 4.24. The monoisotopic (exact) mass is 244 g/mol. The van der Waals surface area contributed by atoms with E-state index in [1.165, 1.54) is 5.70 Å². The lowest BCUT2D eigenvalue weighted by molar-refractivity contribution is 0.0564. The van der Waals surface area contributed by atoms with E-state index in [2.05, 4.69) is 31.9 Å². The summed E-state index contributed by atoms with van der Waals surface area (Å²) >= 11 is 3.45. The van der Waals surface area contributed by atoms with Crippen molar-refractivity contribution >= 4 is 22.1 Å². The number of aliphatic imine (C=N–C) groups is 1. The first-order valence-electron chi connectivity index (χ1n) is 4.56. The largest absolute Gasteiger partial charge is 0.378 e. The Kier molecular flexibility index (Phi) is 3.01. The van der Waals surface area contributed by atoms with Crippen molar-refractivity contribution < 1.29 is 4.74 Å². The molecule has 2 aliphatic heterocycles. The van der Waals surface area contributed by atoms with Crippen molar-refractivity contribution in [2.45, 2.75) is 11.4 Å². The highest BCUT2D eigenvalue weighted by atomic mass is 79.9. The Morgan fingerprint density at radius 2 is 2.23 bits per heavy atom. The lowest BCUT2D eigenvalue weighted by Gasteiger charge is -2.30. The van der Waals surface area contributed by atoms with E-state index in [0.717, 1.165) is 32.7 Å². The summed E-state index contributed by atoms with van der Waals surface area (Å²) in [5, 5.41) is 0. The van der Waals surface area contributed by atoms with E-state index < -0.39 is 0 Å². The average Bonchev–Trinajstić information content (AvgIpc) is 2.20. The molecule has 2 aliphatic rings. The number of nitrogens with zero attached hydrogens (tertiary/aromatic N) is 2. The number of dihydropyridines is 1. The highest BCUT2D eigenvalue weighted by Crippen LogP contribution is 2.16.